The predicted molar refractivity (Wildman–Crippen MR) is 67.0 cm³/mol. The zero-order valence-corrected chi connectivity index (χ0v) is 11.3. The van der Waals surface area contributed by atoms with Crippen LogP contribution in [0.4, 0.5) is 0 Å². The summed E-state index contributed by atoms with van der Waals surface area (Å²) in [4.78, 5) is 8.65. The van der Waals surface area contributed by atoms with Crippen LogP contribution in [0.1, 0.15) is 28.5 Å². The van der Waals surface area contributed by atoms with Crippen LogP contribution >= 0.6 is 11.8 Å². The molecule has 2 aromatic rings. The first kappa shape index (κ1) is 12.1. The third kappa shape index (κ3) is 2.85. The van der Waals surface area contributed by atoms with Gasteiger partial charge in [0, 0.05) is 17.0 Å². The molecular weight excluding hydrogens is 234 g/mol. The molecule has 0 aliphatic rings. The maximum atomic E-state index is 5.14. The maximum Gasteiger partial charge on any atom is 0.137 e. The monoisotopic (exact) mass is 249 g/mol. The van der Waals surface area contributed by atoms with Crippen LogP contribution in [0.25, 0.3) is 0 Å². The summed E-state index contributed by atoms with van der Waals surface area (Å²) in [6.07, 6.45) is 0. The minimum absolute atomic E-state index is 0.811. The predicted octanol–water partition coefficient (Wildman–Crippen LogP) is 2.99. The van der Waals surface area contributed by atoms with E-state index in [-0.39, 0.29) is 0 Å². The highest BCUT2D eigenvalue weighted by atomic mass is 32.2. The van der Waals surface area contributed by atoms with Gasteiger partial charge in [-0.1, -0.05) is 5.16 Å². The first-order valence-corrected chi connectivity index (χ1v) is 6.41. The molecule has 0 amide bonds. The highest BCUT2D eigenvalue weighted by molar-refractivity contribution is 7.98. The Hall–Kier alpha value is -1.36. The van der Waals surface area contributed by atoms with Crippen LogP contribution in [0, 0.1) is 27.7 Å². The third-order valence-electron chi connectivity index (χ3n) is 2.49. The summed E-state index contributed by atoms with van der Waals surface area (Å²) < 4.78 is 5.14. The molecule has 0 aromatic carbocycles. The zero-order valence-electron chi connectivity index (χ0n) is 10.4. The van der Waals surface area contributed by atoms with E-state index >= 15 is 0 Å². The second-order valence-electron chi connectivity index (χ2n) is 3.99. The highest BCUT2D eigenvalue weighted by Gasteiger charge is 2.10. The van der Waals surface area contributed by atoms with Crippen molar-refractivity contribution in [3.05, 3.63) is 34.6 Å². The first-order valence-electron chi connectivity index (χ1n) is 5.43. The van der Waals surface area contributed by atoms with Crippen LogP contribution in [-0.2, 0) is 5.75 Å². The summed E-state index contributed by atoms with van der Waals surface area (Å²) in [7, 11) is 0. The number of rotatable bonds is 3. The molecule has 0 unspecified atom stereocenters. The van der Waals surface area contributed by atoms with Gasteiger partial charge in [-0.05, 0) is 33.8 Å². The van der Waals surface area contributed by atoms with Gasteiger partial charge in [-0.2, -0.15) is 0 Å². The van der Waals surface area contributed by atoms with Crippen molar-refractivity contribution in [2.45, 2.75) is 38.5 Å². The summed E-state index contributed by atoms with van der Waals surface area (Å²) in [5, 5.41) is 4.94. The number of aryl methyl sites for hydroxylation is 4. The van der Waals surface area contributed by atoms with Crippen LogP contribution in [0.5, 0.6) is 0 Å². The number of nitrogens with zero attached hydrogens (tertiary/aromatic N) is 3. The Bertz CT molecular complexity index is 497. The zero-order chi connectivity index (χ0) is 12.4. The summed E-state index contributed by atoms with van der Waals surface area (Å²) in [6.45, 7) is 7.79. The van der Waals surface area contributed by atoms with Crippen molar-refractivity contribution in [3.8, 4) is 0 Å². The molecule has 0 spiro atoms. The fourth-order valence-electron chi connectivity index (χ4n) is 1.61. The number of thioether (sulfide) groups is 1. The molecule has 0 aliphatic carbocycles. The van der Waals surface area contributed by atoms with Crippen LogP contribution < -0.4 is 0 Å². The molecule has 0 N–H and O–H groups in total. The molecule has 90 valence electrons. The second kappa shape index (κ2) is 4.87. The quantitative estimate of drug-likeness (QED) is 0.618. The van der Waals surface area contributed by atoms with Crippen LogP contribution in [0.15, 0.2) is 15.6 Å². The van der Waals surface area contributed by atoms with Crippen molar-refractivity contribution >= 4 is 11.8 Å². The van der Waals surface area contributed by atoms with Gasteiger partial charge in [0.15, 0.2) is 0 Å². The smallest absolute Gasteiger partial charge is 0.137 e. The van der Waals surface area contributed by atoms with E-state index in [9.17, 15) is 0 Å². The molecule has 4 nitrogen and oxygen atoms in total. The van der Waals surface area contributed by atoms with Crippen LogP contribution in [-0.4, -0.2) is 15.1 Å². The standard InChI is InChI=1S/C12H15N3OS/c1-7-5-12(14-10(4)13-7)17-6-11-8(2)15-16-9(11)3/h5H,6H2,1-4H3. The van der Waals surface area contributed by atoms with E-state index in [0.717, 1.165) is 39.3 Å². The van der Waals surface area contributed by atoms with Gasteiger partial charge >= 0.3 is 0 Å². The Morgan fingerprint density at radius 2 is 1.94 bits per heavy atom. The van der Waals surface area contributed by atoms with Gasteiger partial charge in [-0.3, -0.25) is 0 Å². The lowest BCUT2D eigenvalue weighted by atomic mass is 10.2. The van der Waals surface area contributed by atoms with Crippen LogP contribution in [0.3, 0.4) is 0 Å². The van der Waals surface area contributed by atoms with E-state index in [4.69, 9.17) is 4.52 Å². The van der Waals surface area contributed by atoms with Crippen molar-refractivity contribution < 1.29 is 4.52 Å². The third-order valence-corrected chi connectivity index (χ3v) is 3.43. The molecule has 0 fully saturated rings. The molecule has 0 atom stereocenters. The molecule has 0 saturated carbocycles. The van der Waals surface area contributed by atoms with E-state index in [0.29, 0.717) is 0 Å². The van der Waals surface area contributed by atoms with Crippen molar-refractivity contribution in [2.24, 2.45) is 0 Å². The summed E-state index contributed by atoms with van der Waals surface area (Å²) in [5.41, 5.74) is 3.11. The van der Waals surface area contributed by atoms with E-state index < -0.39 is 0 Å². The maximum absolute atomic E-state index is 5.14. The van der Waals surface area contributed by atoms with E-state index in [1.54, 1.807) is 11.8 Å². The van der Waals surface area contributed by atoms with Gasteiger partial charge in [0.2, 0.25) is 0 Å². The summed E-state index contributed by atoms with van der Waals surface area (Å²) in [6, 6.07) is 2.00. The lowest BCUT2D eigenvalue weighted by Gasteiger charge is -2.03. The normalized spacial score (nSPS) is 10.8. The van der Waals surface area contributed by atoms with Gasteiger partial charge in [0.25, 0.3) is 0 Å². The van der Waals surface area contributed by atoms with Crippen LogP contribution in [0.2, 0.25) is 0 Å². The van der Waals surface area contributed by atoms with Crippen molar-refractivity contribution in [3.63, 3.8) is 0 Å². The molecular formula is C12H15N3OS. The van der Waals surface area contributed by atoms with Crippen molar-refractivity contribution in [2.75, 3.05) is 0 Å². The number of hydrogen-bond donors (Lipinski definition) is 0. The molecule has 0 bridgehead atoms. The van der Waals surface area contributed by atoms with Gasteiger partial charge in [-0.25, -0.2) is 9.97 Å². The Morgan fingerprint density at radius 3 is 2.53 bits per heavy atom. The van der Waals surface area contributed by atoms with Gasteiger partial charge in [0.05, 0.1) is 5.69 Å². The van der Waals surface area contributed by atoms with E-state index in [1.807, 2.05) is 33.8 Å². The number of aromatic nitrogens is 3. The summed E-state index contributed by atoms with van der Waals surface area (Å²) >= 11 is 1.68. The molecule has 0 radical (unpaired) electrons. The van der Waals surface area contributed by atoms with Gasteiger partial charge in [-0.15, -0.1) is 11.8 Å². The van der Waals surface area contributed by atoms with E-state index in [1.165, 1.54) is 0 Å². The Labute approximate surface area is 105 Å². The second-order valence-corrected chi connectivity index (χ2v) is 4.98. The summed E-state index contributed by atoms with van der Waals surface area (Å²) in [5.74, 6) is 2.53. The van der Waals surface area contributed by atoms with Gasteiger partial charge in [0.1, 0.15) is 16.6 Å². The first-order chi connectivity index (χ1) is 8.06. The molecule has 0 saturated heterocycles. The average Bonchev–Trinajstić information content (AvgIpc) is 2.55. The van der Waals surface area contributed by atoms with Gasteiger partial charge < -0.3 is 4.52 Å². The largest absolute Gasteiger partial charge is 0.361 e. The molecule has 2 heterocycles. The molecule has 0 aliphatic heterocycles. The Kier molecular flexibility index (Phi) is 3.47. The van der Waals surface area contributed by atoms with Crippen molar-refractivity contribution in [1.29, 1.82) is 0 Å². The minimum Gasteiger partial charge on any atom is -0.361 e. The minimum atomic E-state index is 0.811. The Morgan fingerprint density at radius 1 is 1.18 bits per heavy atom. The molecule has 2 aromatic heterocycles. The molecule has 17 heavy (non-hydrogen) atoms. The lowest BCUT2D eigenvalue weighted by molar-refractivity contribution is 0.392. The lowest BCUT2D eigenvalue weighted by Crippen LogP contribution is -1.93. The topological polar surface area (TPSA) is 51.8 Å². The van der Waals surface area contributed by atoms with Crippen molar-refractivity contribution in [1.82, 2.24) is 15.1 Å². The Balaban J connectivity index is 2.12. The molecule has 5 heteroatoms. The SMILES string of the molecule is Cc1cc(SCc2c(C)noc2C)nc(C)n1. The average molecular weight is 249 g/mol. The fourth-order valence-corrected chi connectivity index (χ4v) is 2.77. The fraction of sp³-hybridized carbons (Fsp3) is 0.417. The number of hydrogen-bond acceptors (Lipinski definition) is 5. The van der Waals surface area contributed by atoms with E-state index in [2.05, 4.69) is 15.1 Å². The highest BCUT2D eigenvalue weighted by Crippen LogP contribution is 2.25. The molecule has 2 rings (SSSR count).